The summed E-state index contributed by atoms with van der Waals surface area (Å²) in [4.78, 5) is 16.2. The van der Waals surface area contributed by atoms with Crippen LogP contribution in [0.3, 0.4) is 0 Å². The maximum absolute atomic E-state index is 11.2. The van der Waals surface area contributed by atoms with Crippen molar-refractivity contribution >= 4 is 23.0 Å². The van der Waals surface area contributed by atoms with Gasteiger partial charge in [0.25, 0.3) is 5.91 Å². The number of carbonyl (C=O) groups excluding carboxylic acids is 1. The van der Waals surface area contributed by atoms with E-state index in [1.807, 2.05) is 12.1 Å². The van der Waals surface area contributed by atoms with E-state index in [0.717, 1.165) is 48.4 Å². The molecule has 6 nitrogen and oxygen atoms in total. The predicted octanol–water partition coefficient (Wildman–Crippen LogP) is 4.17. The molecule has 0 saturated heterocycles. The lowest BCUT2D eigenvalue weighted by Gasteiger charge is -2.23. The highest BCUT2D eigenvalue weighted by molar-refractivity contribution is 5.91. The monoisotopic (exact) mass is 400 g/mol. The maximum Gasteiger partial charge on any atom is 0.267 e. The van der Waals surface area contributed by atoms with Gasteiger partial charge in [0.05, 0.1) is 11.0 Å². The molecule has 160 valence electrons. The van der Waals surface area contributed by atoms with E-state index in [4.69, 9.17) is 10.2 Å². The summed E-state index contributed by atoms with van der Waals surface area (Å²) in [6.45, 7) is 15.2. The van der Waals surface area contributed by atoms with Gasteiger partial charge in [-0.2, -0.15) is 0 Å². The summed E-state index contributed by atoms with van der Waals surface area (Å²) >= 11 is 0. The van der Waals surface area contributed by atoms with E-state index in [0.29, 0.717) is 17.4 Å². The van der Waals surface area contributed by atoms with E-state index in [2.05, 4.69) is 57.5 Å². The molecule has 0 fully saturated rings. The first-order valence-electron chi connectivity index (χ1n) is 10.4. The van der Waals surface area contributed by atoms with Crippen LogP contribution < -0.4 is 10.8 Å². The van der Waals surface area contributed by atoms with Gasteiger partial charge in [0.1, 0.15) is 5.82 Å². The van der Waals surface area contributed by atoms with E-state index in [-0.39, 0.29) is 0 Å². The van der Waals surface area contributed by atoms with Crippen molar-refractivity contribution in [2.75, 3.05) is 6.54 Å². The lowest BCUT2D eigenvalue weighted by atomic mass is 9.84. The van der Waals surface area contributed by atoms with E-state index >= 15 is 0 Å². The number of hydrogen-bond donors (Lipinski definition) is 3. The zero-order chi connectivity index (χ0) is 21.6. The molecule has 29 heavy (non-hydrogen) atoms. The van der Waals surface area contributed by atoms with Crippen molar-refractivity contribution in [2.24, 2.45) is 11.3 Å². The Kier molecular flexibility index (Phi) is 7.99. The van der Waals surface area contributed by atoms with Gasteiger partial charge in [-0.1, -0.05) is 47.6 Å². The number of hydroxylamine groups is 1. The highest BCUT2D eigenvalue weighted by atomic mass is 16.5. The van der Waals surface area contributed by atoms with Crippen molar-refractivity contribution in [2.45, 2.75) is 67.0 Å². The number of carbonyl (C=O) groups is 1. The average Bonchev–Trinajstić information content (AvgIpc) is 2.94. The first kappa shape index (κ1) is 23.1. The van der Waals surface area contributed by atoms with E-state index < -0.39 is 5.91 Å². The summed E-state index contributed by atoms with van der Waals surface area (Å²) in [5.41, 5.74) is 4.81. The van der Waals surface area contributed by atoms with Crippen molar-refractivity contribution < 1.29 is 10.0 Å². The van der Waals surface area contributed by atoms with Crippen LogP contribution in [0.4, 0.5) is 0 Å². The third-order valence-corrected chi connectivity index (χ3v) is 4.77. The van der Waals surface area contributed by atoms with Crippen LogP contribution in [0.25, 0.3) is 17.1 Å². The number of fused-ring (bicyclic) bond motifs is 1. The zero-order valence-electron chi connectivity index (χ0n) is 18.6. The zero-order valence-corrected chi connectivity index (χ0v) is 18.6. The van der Waals surface area contributed by atoms with Gasteiger partial charge in [0.15, 0.2) is 0 Å². The molecule has 0 saturated carbocycles. The molecule has 1 amide bonds. The number of hydrogen-bond acceptors (Lipinski definition) is 4. The number of aromatic nitrogens is 2. The van der Waals surface area contributed by atoms with Gasteiger partial charge >= 0.3 is 0 Å². The molecule has 0 radical (unpaired) electrons. The van der Waals surface area contributed by atoms with E-state index in [1.165, 1.54) is 6.08 Å². The Labute approximate surface area is 174 Å². The van der Waals surface area contributed by atoms with Gasteiger partial charge in [-0.25, -0.2) is 10.5 Å². The van der Waals surface area contributed by atoms with Gasteiger partial charge in [0.2, 0.25) is 0 Å². The summed E-state index contributed by atoms with van der Waals surface area (Å²) in [7, 11) is 0. The van der Waals surface area contributed by atoms with Crippen LogP contribution in [0.15, 0.2) is 24.3 Å². The Morgan fingerprint density at radius 1 is 1.28 bits per heavy atom. The minimum Gasteiger partial charge on any atom is -0.327 e. The summed E-state index contributed by atoms with van der Waals surface area (Å²) in [6.07, 6.45) is 5.06. The highest BCUT2D eigenvalue weighted by Gasteiger charge is 2.19. The van der Waals surface area contributed by atoms with Crippen LogP contribution in [0, 0.1) is 11.3 Å². The number of amides is 1. The molecule has 3 N–H and O–H groups in total. The molecule has 1 heterocycles. The smallest absolute Gasteiger partial charge is 0.267 e. The normalized spacial score (nSPS) is 13.5. The van der Waals surface area contributed by atoms with E-state index in [1.54, 1.807) is 11.6 Å². The molecule has 0 bridgehead atoms. The van der Waals surface area contributed by atoms with Crippen LogP contribution in [-0.2, 0) is 17.8 Å². The average molecular weight is 401 g/mol. The molecule has 2 aromatic rings. The maximum atomic E-state index is 11.2. The van der Waals surface area contributed by atoms with Crippen molar-refractivity contribution in [1.29, 1.82) is 0 Å². The van der Waals surface area contributed by atoms with Crippen LogP contribution in [-0.4, -0.2) is 33.3 Å². The molecule has 2 rings (SSSR count). The first-order valence-corrected chi connectivity index (χ1v) is 10.4. The van der Waals surface area contributed by atoms with Gasteiger partial charge < -0.3 is 9.88 Å². The molecule has 6 heteroatoms. The summed E-state index contributed by atoms with van der Waals surface area (Å²) in [6, 6.07) is 6.47. The molecule has 0 spiro atoms. The Morgan fingerprint density at radius 3 is 2.62 bits per heavy atom. The van der Waals surface area contributed by atoms with Crippen molar-refractivity contribution in [3.05, 3.63) is 35.7 Å². The lowest BCUT2D eigenvalue weighted by Crippen LogP contribution is -2.27. The second-order valence-electron chi connectivity index (χ2n) is 9.42. The second-order valence-corrected chi connectivity index (χ2v) is 9.42. The molecular formula is C23H36N4O2. The Morgan fingerprint density at radius 2 is 2.00 bits per heavy atom. The number of nitrogens with one attached hydrogen (secondary N) is 2. The van der Waals surface area contributed by atoms with E-state index in [9.17, 15) is 4.79 Å². The minimum absolute atomic E-state index is 0.292. The highest BCUT2D eigenvalue weighted by Crippen LogP contribution is 2.27. The molecule has 1 unspecified atom stereocenters. The van der Waals surface area contributed by atoms with Gasteiger partial charge in [0, 0.05) is 31.6 Å². The van der Waals surface area contributed by atoms with Crippen LogP contribution in [0.5, 0.6) is 0 Å². The Hall–Kier alpha value is -2.18. The summed E-state index contributed by atoms with van der Waals surface area (Å²) in [5.74, 6) is 1.10. The van der Waals surface area contributed by atoms with Crippen molar-refractivity contribution in [3.63, 3.8) is 0 Å². The largest absolute Gasteiger partial charge is 0.327 e. The predicted molar refractivity (Wildman–Crippen MR) is 119 cm³/mol. The molecule has 1 aromatic carbocycles. The minimum atomic E-state index is -0.549. The fraction of sp³-hybridized carbons (Fsp3) is 0.565. The van der Waals surface area contributed by atoms with Crippen LogP contribution in [0.2, 0.25) is 0 Å². The number of benzene rings is 1. The first-order chi connectivity index (χ1) is 13.6. The topological polar surface area (TPSA) is 79.2 Å². The molecular weight excluding hydrogens is 364 g/mol. The fourth-order valence-corrected chi connectivity index (χ4v) is 3.81. The fourth-order valence-electron chi connectivity index (χ4n) is 3.81. The summed E-state index contributed by atoms with van der Waals surface area (Å²) in [5, 5.41) is 12.1. The number of imidazole rings is 1. The standard InChI is InChI=1S/C23H36N4O2/c1-16(2)24-11-12-27-20-9-7-18(8-10-22(28)26-29)14-19(20)25-21(27)13-17(3)15-23(4,5)6/h7-10,14,16-17,24,29H,11-13,15H2,1-6H3,(H,26,28). The van der Waals surface area contributed by atoms with Crippen molar-refractivity contribution in [1.82, 2.24) is 20.3 Å². The second kappa shape index (κ2) is 10.0. The third kappa shape index (κ3) is 7.29. The SMILES string of the molecule is CC(Cc1nc2cc(C=CC(=O)NO)ccc2n1CCNC(C)C)CC(C)(C)C. The quantitative estimate of drug-likeness (QED) is 0.335. The van der Waals surface area contributed by atoms with Crippen molar-refractivity contribution in [3.8, 4) is 0 Å². The molecule has 1 aromatic heterocycles. The molecule has 0 aliphatic rings. The number of nitrogens with zero attached hydrogens (tertiary/aromatic N) is 2. The lowest BCUT2D eigenvalue weighted by molar-refractivity contribution is -0.124. The molecule has 0 aliphatic carbocycles. The molecule has 0 aliphatic heterocycles. The summed E-state index contributed by atoms with van der Waals surface area (Å²) < 4.78 is 2.32. The van der Waals surface area contributed by atoms with Crippen LogP contribution in [0.1, 0.15) is 59.4 Å². The van der Waals surface area contributed by atoms with Gasteiger partial charge in [-0.05, 0) is 41.5 Å². The van der Waals surface area contributed by atoms with Crippen LogP contribution >= 0.6 is 0 Å². The molecule has 1 atom stereocenters. The number of rotatable bonds is 9. The Balaban J connectivity index is 2.32. The van der Waals surface area contributed by atoms with Gasteiger partial charge in [-0.15, -0.1) is 0 Å². The Bertz CT molecular complexity index is 846. The van der Waals surface area contributed by atoms with Gasteiger partial charge in [-0.3, -0.25) is 10.0 Å². The third-order valence-electron chi connectivity index (χ3n) is 4.77.